The Bertz CT molecular complexity index is 1080. The van der Waals surface area contributed by atoms with Crippen molar-refractivity contribution < 1.29 is 19.0 Å². The van der Waals surface area contributed by atoms with E-state index in [1.165, 1.54) is 32.1 Å². The maximum atomic E-state index is 12.5. The van der Waals surface area contributed by atoms with Crippen molar-refractivity contribution in [3.8, 4) is 17.2 Å². The quantitative estimate of drug-likeness (QED) is 0.145. The molecule has 1 N–H and O–H groups in total. The van der Waals surface area contributed by atoms with Gasteiger partial charge in [0.1, 0.15) is 12.4 Å². The van der Waals surface area contributed by atoms with Crippen LogP contribution in [0.4, 0.5) is 0 Å². The maximum absolute atomic E-state index is 12.5. The highest BCUT2D eigenvalue weighted by Crippen LogP contribution is 2.29. The predicted octanol–water partition coefficient (Wildman–Crippen LogP) is 6.78. The number of carbonyl (C=O) groups excluding carboxylic acids is 1. The number of hydrazone groups is 1. The molecule has 0 atom stereocenters. The zero-order chi connectivity index (χ0) is 25.4. The summed E-state index contributed by atoms with van der Waals surface area (Å²) < 4.78 is 17.1. The highest BCUT2D eigenvalue weighted by Gasteiger charge is 2.11. The third kappa shape index (κ3) is 9.10. The highest BCUT2D eigenvalue weighted by molar-refractivity contribution is 5.95. The lowest BCUT2D eigenvalue weighted by Crippen LogP contribution is -2.17. The Labute approximate surface area is 214 Å². The molecule has 0 heterocycles. The molecule has 0 bridgehead atoms. The van der Waals surface area contributed by atoms with Gasteiger partial charge in [-0.3, -0.25) is 4.79 Å². The number of carbonyl (C=O) groups is 1. The minimum atomic E-state index is -0.335. The molecule has 6 nitrogen and oxygen atoms in total. The van der Waals surface area contributed by atoms with E-state index < -0.39 is 0 Å². The van der Waals surface area contributed by atoms with Crippen LogP contribution in [0.15, 0.2) is 77.9 Å². The highest BCUT2D eigenvalue weighted by atomic mass is 16.5. The molecule has 0 fully saturated rings. The minimum absolute atomic E-state index is 0.335. The van der Waals surface area contributed by atoms with Gasteiger partial charge in [0, 0.05) is 5.56 Å². The van der Waals surface area contributed by atoms with Crippen LogP contribution in [0.1, 0.15) is 66.9 Å². The van der Waals surface area contributed by atoms with Gasteiger partial charge in [-0.05, 0) is 60.0 Å². The zero-order valence-corrected chi connectivity index (χ0v) is 21.2. The van der Waals surface area contributed by atoms with Gasteiger partial charge >= 0.3 is 0 Å². The van der Waals surface area contributed by atoms with E-state index >= 15 is 0 Å². The molecule has 36 heavy (non-hydrogen) atoms. The molecule has 3 aromatic rings. The summed E-state index contributed by atoms with van der Waals surface area (Å²) in [5, 5.41) is 4.08. The van der Waals surface area contributed by atoms with Crippen molar-refractivity contribution in [3.63, 3.8) is 0 Å². The fourth-order valence-electron chi connectivity index (χ4n) is 3.62. The van der Waals surface area contributed by atoms with E-state index in [0.29, 0.717) is 23.7 Å². The Morgan fingerprint density at radius 3 is 2.36 bits per heavy atom. The van der Waals surface area contributed by atoms with Crippen molar-refractivity contribution in [2.75, 3.05) is 13.7 Å². The number of rotatable bonds is 15. The number of hydrogen-bond donors (Lipinski definition) is 1. The fourth-order valence-corrected chi connectivity index (χ4v) is 3.62. The Morgan fingerprint density at radius 2 is 1.61 bits per heavy atom. The molecule has 0 aliphatic heterocycles. The van der Waals surface area contributed by atoms with Gasteiger partial charge < -0.3 is 14.2 Å². The van der Waals surface area contributed by atoms with Crippen molar-refractivity contribution >= 4 is 12.1 Å². The monoisotopic (exact) mass is 488 g/mol. The predicted molar refractivity (Wildman–Crippen MR) is 144 cm³/mol. The molecule has 190 valence electrons. The van der Waals surface area contributed by atoms with E-state index in [4.69, 9.17) is 14.2 Å². The number of nitrogens with one attached hydrogen (secondary N) is 1. The number of amides is 1. The van der Waals surface area contributed by atoms with Crippen molar-refractivity contribution in [2.24, 2.45) is 5.10 Å². The molecule has 0 radical (unpaired) electrons. The first-order chi connectivity index (χ1) is 17.7. The topological polar surface area (TPSA) is 69.2 Å². The molecular formula is C30H36N2O4. The van der Waals surface area contributed by atoms with E-state index in [9.17, 15) is 4.79 Å². The SMILES string of the molecule is CCCCCCCCOc1ccc(/C=N/NC(=O)c2ccc(OCc3ccccc3)c(OC)c2)cc1. The number of hydrogen-bond acceptors (Lipinski definition) is 5. The summed E-state index contributed by atoms with van der Waals surface area (Å²) in [6, 6.07) is 22.6. The van der Waals surface area contributed by atoms with Crippen molar-refractivity contribution in [3.05, 3.63) is 89.5 Å². The zero-order valence-electron chi connectivity index (χ0n) is 21.2. The summed E-state index contributed by atoms with van der Waals surface area (Å²) in [4.78, 5) is 12.5. The number of benzene rings is 3. The van der Waals surface area contributed by atoms with E-state index in [1.807, 2.05) is 54.6 Å². The lowest BCUT2D eigenvalue weighted by atomic mass is 10.1. The Morgan fingerprint density at radius 1 is 0.861 bits per heavy atom. The van der Waals surface area contributed by atoms with Crippen LogP contribution in [0.3, 0.4) is 0 Å². The lowest BCUT2D eigenvalue weighted by molar-refractivity contribution is 0.0954. The van der Waals surface area contributed by atoms with E-state index in [0.717, 1.165) is 29.9 Å². The van der Waals surface area contributed by atoms with E-state index in [-0.39, 0.29) is 5.91 Å². The first-order valence-electron chi connectivity index (χ1n) is 12.6. The van der Waals surface area contributed by atoms with Crippen LogP contribution in [0.5, 0.6) is 17.2 Å². The van der Waals surface area contributed by atoms with E-state index in [1.54, 1.807) is 31.5 Å². The normalized spacial score (nSPS) is 10.8. The first kappa shape index (κ1) is 26.8. The van der Waals surface area contributed by atoms with Gasteiger partial charge in [0.25, 0.3) is 5.91 Å². The van der Waals surface area contributed by atoms with Gasteiger partial charge in [-0.2, -0.15) is 5.10 Å². The second-order valence-corrected chi connectivity index (χ2v) is 8.52. The molecule has 0 spiro atoms. The molecule has 0 aromatic heterocycles. The number of unbranched alkanes of at least 4 members (excludes halogenated alkanes) is 5. The standard InChI is InChI=1S/C30H36N2O4/c1-3-4-5-6-7-11-20-35-27-17-14-24(15-18-27)22-31-32-30(33)26-16-19-28(29(21-26)34-2)36-23-25-12-9-8-10-13-25/h8-10,12-19,21-22H,3-7,11,20,23H2,1-2H3,(H,32,33)/b31-22+. The molecular weight excluding hydrogens is 452 g/mol. The molecule has 1 amide bonds. The summed E-state index contributed by atoms with van der Waals surface area (Å²) in [6.45, 7) is 3.37. The van der Waals surface area contributed by atoms with E-state index in [2.05, 4.69) is 17.5 Å². The molecule has 0 saturated carbocycles. The third-order valence-corrected chi connectivity index (χ3v) is 5.69. The summed E-state index contributed by atoms with van der Waals surface area (Å²) >= 11 is 0. The van der Waals surface area contributed by atoms with Crippen LogP contribution in [0.25, 0.3) is 0 Å². The summed E-state index contributed by atoms with van der Waals surface area (Å²) in [7, 11) is 1.55. The van der Waals surface area contributed by atoms with Crippen LogP contribution < -0.4 is 19.6 Å². The molecule has 3 aromatic carbocycles. The second-order valence-electron chi connectivity index (χ2n) is 8.52. The average molecular weight is 489 g/mol. The van der Waals surface area contributed by atoms with Crippen LogP contribution >= 0.6 is 0 Å². The van der Waals surface area contributed by atoms with Crippen molar-refractivity contribution in [1.82, 2.24) is 5.43 Å². The molecule has 0 aliphatic rings. The van der Waals surface area contributed by atoms with Crippen LogP contribution in [0, 0.1) is 0 Å². The van der Waals surface area contributed by atoms with Gasteiger partial charge in [0.2, 0.25) is 0 Å². The molecule has 0 unspecified atom stereocenters. The number of methoxy groups -OCH3 is 1. The smallest absolute Gasteiger partial charge is 0.271 e. The van der Waals surface area contributed by atoms with Crippen LogP contribution in [-0.2, 0) is 6.61 Å². The maximum Gasteiger partial charge on any atom is 0.271 e. The summed E-state index contributed by atoms with van der Waals surface area (Å²) in [6.07, 6.45) is 9.05. The fraction of sp³-hybridized carbons (Fsp3) is 0.333. The summed E-state index contributed by atoms with van der Waals surface area (Å²) in [5.74, 6) is 1.56. The largest absolute Gasteiger partial charge is 0.494 e. The molecule has 0 saturated heterocycles. The van der Waals surface area contributed by atoms with Gasteiger partial charge in [0.05, 0.1) is 19.9 Å². The Hall–Kier alpha value is -3.80. The van der Waals surface area contributed by atoms with Gasteiger partial charge in [-0.15, -0.1) is 0 Å². The summed E-state index contributed by atoms with van der Waals surface area (Å²) in [5.41, 5.74) is 4.90. The van der Waals surface area contributed by atoms with Gasteiger partial charge in [-0.1, -0.05) is 69.4 Å². The van der Waals surface area contributed by atoms with Gasteiger partial charge in [-0.25, -0.2) is 5.43 Å². The lowest BCUT2D eigenvalue weighted by Gasteiger charge is -2.12. The van der Waals surface area contributed by atoms with Crippen LogP contribution in [-0.4, -0.2) is 25.8 Å². The number of nitrogens with zero attached hydrogens (tertiary/aromatic N) is 1. The second kappa shape index (κ2) is 15.2. The minimum Gasteiger partial charge on any atom is -0.494 e. The van der Waals surface area contributed by atoms with Crippen molar-refractivity contribution in [1.29, 1.82) is 0 Å². The van der Waals surface area contributed by atoms with Gasteiger partial charge in [0.15, 0.2) is 11.5 Å². The van der Waals surface area contributed by atoms with Crippen LogP contribution in [0.2, 0.25) is 0 Å². The Kier molecular flexibility index (Phi) is 11.4. The van der Waals surface area contributed by atoms with Crippen molar-refractivity contribution in [2.45, 2.75) is 52.1 Å². The third-order valence-electron chi connectivity index (χ3n) is 5.69. The molecule has 0 aliphatic carbocycles. The molecule has 3 rings (SSSR count). The average Bonchev–Trinajstić information content (AvgIpc) is 2.92. The molecule has 6 heteroatoms. The Balaban J connectivity index is 1.44. The first-order valence-corrected chi connectivity index (χ1v) is 12.6. The number of ether oxygens (including phenoxy) is 3.